The molecule has 3 heterocycles. The smallest absolute Gasteiger partial charge is 0.249 e. The van der Waals surface area contributed by atoms with Crippen molar-refractivity contribution < 1.29 is 9.53 Å². The predicted molar refractivity (Wildman–Crippen MR) is 90.7 cm³/mol. The van der Waals surface area contributed by atoms with Crippen LogP contribution in [0.5, 0.6) is 0 Å². The van der Waals surface area contributed by atoms with Gasteiger partial charge in [0.25, 0.3) is 0 Å². The molecule has 0 bridgehead atoms. The molecule has 1 aliphatic rings. The molecule has 1 saturated heterocycles. The number of aromatic nitrogens is 3. The van der Waals surface area contributed by atoms with Crippen LogP contribution >= 0.6 is 0 Å². The molecule has 130 valence electrons. The molecule has 1 fully saturated rings. The van der Waals surface area contributed by atoms with Crippen molar-refractivity contribution in [2.45, 2.75) is 32.4 Å². The van der Waals surface area contributed by atoms with Crippen molar-refractivity contribution in [2.75, 3.05) is 34.4 Å². The molecule has 1 atom stereocenters. The fourth-order valence-corrected chi connectivity index (χ4v) is 3.47. The third-order valence-electron chi connectivity index (χ3n) is 4.37. The lowest BCUT2D eigenvalue weighted by atomic mass is 10.1. The van der Waals surface area contributed by atoms with E-state index < -0.39 is 0 Å². The number of methoxy groups -OCH3 is 1. The number of carbonyl (C=O) groups excluding carboxylic acids is 1. The summed E-state index contributed by atoms with van der Waals surface area (Å²) in [5, 5.41) is 4.63. The minimum Gasteiger partial charge on any atom is -0.375 e. The van der Waals surface area contributed by atoms with E-state index in [0.717, 1.165) is 48.5 Å². The number of hydrogen-bond acceptors (Lipinski definition) is 5. The first kappa shape index (κ1) is 16.9. The normalized spacial score (nSPS) is 18.0. The van der Waals surface area contributed by atoms with Crippen LogP contribution in [0.4, 0.5) is 0 Å². The van der Waals surface area contributed by atoms with Gasteiger partial charge in [0.15, 0.2) is 5.65 Å². The Balaban J connectivity index is 2.09. The number of rotatable bonds is 5. The van der Waals surface area contributed by atoms with Gasteiger partial charge in [-0.25, -0.2) is 9.50 Å². The van der Waals surface area contributed by atoms with E-state index >= 15 is 0 Å². The zero-order valence-corrected chi connectivity index (χ0v) is 14.8. The summed E-state index contributed by atoms with van der Waals surface area (Å²) < 4.78 is 6.97. The van der Waals surface area contributed by atoms with Crippen LogP contribution in [0.25, 0.3) is 5.65 Å². The summed E-state index contributed by atoms with van der Waals surface area (Å²) in [7, 11) is 5.62. The zero-order valence-electron chi connectivity index (χ0n) is 14.8. The number of carbonyl (C=O) groups is 1. The van der Waals surface area contributed by atoms with Crippen LogP contribution in [-0.2, 0) is 16.1 Å². The second kappa shape index (κ2) is 6.86. The summed E-state index contributed by atoms with van der Waals surface area (Å²) in [6, 6.07) is 1.99. The van der Waals surface area contributed by atoms with Crippen molar-refractivity contribution in [3.8, 4) is 0 Å². The third kappa shape index (κ3) is 3.14. The molecule has 0 aromatic carbocycles. The molecule has 3 rings (SSSR count). The monoisotopic (exact) mass is 331 g/mol. The lowest BCUT2D eigenvalue weighted by Crippen LogP contribution is -2.35. The molecule has 1 aliphatic heterocycles. The van der Waals surface area contributed by atoms with Crippen LogP contribution in [0, 0.1) is 6.92 Å². The summed E-state index contributed by atoms with van der Waals surface area (Å²) in [6.45, 7) is 3.61. The molecule has 7 heteroatoms. The number of amides is 1. The van der Waals surface area contributed by atoms with Gasteiger partial charge in [-0.15, -0.1) is 0 Å². The molecule has 0 spiro atoms. The molecule has 0 saturated carbocycles. The number of nitrogens with zero attached hydrogens (tertiary/aromatic N) is 5. The largest absolute Gasteiger partial charge is 0.375 e. The molecule has 24 heavy (non-hydrogen) atoms. The van der Waals surface area contributed by atoms with E-state index in [4.69, 9.17) is 4.74 Å². The number of likely N-dealkylation sites (tertiary alicyclic amines) is 1. The van der Waals surface area contributed by atoms with Gasteiger partial charge in [0, 0.05) is 38.0 Å². The van der Waals surface area contributed by atoms with E-state index in [0.29, 0.717) is 0 Å². The molecule has 0 aliphatic carbocycles. The Morgan fingerprint density at radius 1 is 1.46 bits per heavy atom. The maximum atomic E-state index is 12.4. The molecular formula is C17H25N5O2. The summed E-state index contributed by atoms with van der Waals surface area (Å²) in [5.41, 5.74) is 3.94. The molecule has 0 N–H and O–H groups in total. The first-order valence-electron chi connectivity index (χ1n) is 8.28. The Labute approximate surface area is 142 Å². The van der Waals surface area contributed by atoms with Gasteiger partial charge in [0.2, 0.25) is 5.91 Å². The topological polar surface area (TPSA) is 63.0 Å². The van der Waals surface area contributed by atoms with Gasteiger partial charge in [0.05, 0.1) is 17.4 Å². The Bertz CT molecular complexity index is 740. The highest BCUT2D eigenvalue weighted by Gasteiger charge is 2.33. The molecule has 0 radical (unpaired) electrons. The van der Waals surface area contributed by atoms with Crippen molar-refractivity contribution in [3.05, 3.63) is 29.2 Å². The summed E-state index contributed by atoms with van der Waals surface area (Å²) in [5.74, 6) is 0.0321. The lowest BCUT2D eigenvalue weighted by Gasteiger charge is -2.27. The maximum Gasteiger partial charge on any atom is 0.249 e. The SMILES string of the molecule is COCC(=O)N1CCC[C@H]1c1c(CN(C)C)cnc2cc(C)nn12. The van der Waals surface area contributed by atoms with E-state index in [1.54, 1.807) is 7.11 Å². The van der Waals surface area contributed by atoms with E-state index in [2.05, 4.69) is 15.0 Å². The average molecular weight is 331 g/mol. The number of hydrogen-bond donors (Lipinski definition) is 0. The van der Waals surface area contributed by atoms with Crippen LogP contribution in [0.1, 0.15) is 35.8 Å². The maximum absolute atomic E-state index is 12.4. The summed E-state index contributed by atoms with van der Waals surface area (Å²) >= 11 is 0. The molecular weight excluding hydrogens is 306 g/mol. The van der Waals surface area contributed by atoms with Crippen molar-refractivity contribution >= 4 is 11.6 Å². The quantitative estimate of drug-likeness (QED) is 0.829. The van der Waals surface area contributed by atoms with Crippen LogP contribution in [-0.4, -0.2) is 64.7 Å². The van der Waals surface area contributed by atoms with Gasteiger partial charge in [-0.2, -0.15) is 5.10 Å². The second-order valence-corrected chi connectivity index (χ2v) is 6.64. The highest BCUT2D eigenvalue weighted by atomic mass is 16.5. The fraction of sp³-hybridized carbons (Fsp3) is 0.588. The van der Waals surface area contributed by atoms with Gasteiger partial charge in [-0.05, 0) is 33.9 Å². The summed E-state index contributed by atoms with van der Waals surface area (Å²) in [6.07, 6.45) is 3.85. The van der Waals surface area contributed by atoms with Gasteiger partial charge < -0.3 is 14.5 Å². The van der Waals surface area contributed by atoms with Crippen LogP contribution in [0.2, 0.25) is 0 Å². The van der Waals surface area contributed by atoms with Crippen LogP contribution < -0.4 is 0 Å². The first-order valence-corrected chi connectivity index (χ1v) is 8.28. The fourth-order valence-electron chi connectivity index (χ4n) is 3.47. The Morgan fingerprint density at radius 2 is 2.25 bits per heavy atom. The van der Waals surface area contributed by atoms with Crippen molar-refractivity contribution in [2.24, 2.45) is 0 Å². The Kier molecular flexibility index (Phi) is 4.82. The van der Waals surface area contributed by atoms with Crippen molar-refractivity contribution in [1.82, 2.24) is 24.4 Å². The van der Waals surface area contributed by atoms with E-state index in [1.165, 1.54) is 0 Å². The highest BCUT2D eigenvalue weighted by molar-refractivity contribution is 5.78. The minimum atomic E-state index is 0.0207. The molecule has 0 unspecified atom stereocenters. The molecule has 7 nitrogen and oxygen atoms in total. The van der Waals surface area contributed by atoms with E-state index in [9.17, 15) is 4.79 Å². The standard InChI is InChI=1S/C17H25N5O2/c1-12-8-15-18-9-13(10-20(2)3)17(22(15)19-12)14-6-5-7-21(14)16(23)11-24-4/h8-9,14H,5-7,10-11H2,1-4H3/t14-/m0/s1. The Morgan fingerprint density at radius 3 is 2.96 bits per heavy atom. The average Bonchev–Trinajstić information content (AvgIpc) is 3.12. The Hall–Kier alpha value is -1.99. The van der Waals surface area contributed by atoms with Gasteiger partial charge in [-0.3, -0.25) is 4.79 Å². The van der Waals surface area contributed by atoms with Crippen LogP contribution in [0.3, 0.4) is 0 Å². The van der Waals surface area contributed by atoms with Gasteiger partial charge in [0.1, 0.15) is 6.61 Å². The van der Waals surface area contributed by atoms with Gasteiger partial charge in [-0.1, -0.05) is 0 Å². The van der Waals surface area contributed by atoms with Crippen LogP contribution in [0.15, 0.2) is 12.3 Å². The lowest BCUT2D eigenvalue weighted by molar-refractivity contribution is -0.136. The van der Waals surface area contributed by atoms with E-state index in [1.807, 2.05) is 42.7 Å². The predicted octanol–water partition coefficient (Wildman–Crippen LogP) is 1.41. The number of ether oxygens (including phenoxy) is 1. The molecule has 2 aromatic rings. The third-order valence-corrected chi connectivity index (χ3v) is 4.37. The minimum absolute atomic E-state index is 0.0207. The first-order chi connectivity index (χ1) is 11.5. The van der Waals surface area contributed by atoms with E-state index in [-0.39, 0.29) is 18.6 Å². The molecule has 2 aromatic heterocycles. The van der Waals surface area contributed by atoms with Crippen molar-refractivity contribution in [1.29, 1.82) is 0 Å². The zero-order chi connectivity index (χ0) is 17.3. The van der Waals surface area contributed by atoms with Crippen molar-refractivity contribution in [3.63, 3.8) is 0 Å². The number of aryl methyl sites for hydroxylation is 1. The second-order valence-electron chi connectivity index (χ2n) is 6.64. The number of fused-ring (bicyclic) bond motifs is 1. The van der Waals surface area contributed by atoms with Gasteiger partial charge >= 0.3 is 0 Å². The highest BCUT2D eigenvalue weighted by Crippen LogP contribution is 2.34. The molecule has 1 amide bonds. The summed E-state index contributed by atoms with van der Waals surface area (Å²) in [4.78, 5) is 21.0.